The number of nitrogens with zero attached hydrogens (tertiary/aromatic N) is 1. The molecule has 2 aromatic rings. The van der Waals surface area contributed by atoms with Gasteiger partial charge in [0, 0.05) is 11.9 Å². The van der Waals surface area contributed by atoms with Gasteiger partial charge in [-0.3, -0.25) is 4.79 Å². The lowest BCUT2D eigenvalue weighted by molar-refractivity contribution is 0.271. The van der Waals surface area contributed by atoms with Crippen LogP contribution in [-0.4, -0.2) is 16.8 Å². The van der Waals surface area contributed by atoms with Gasteiger partial charge in [0.25, 0.3) is 5.56 Å². The van der Waals surface area contributed by atoms with Crippen molar-refractivity contribution in [1.29, 1.82) is 0 Å². The molecule has 2 rings (SSSR count). The van der Waals surface area contributed by atoms with Crippen molar-refractivity contribution in [3.05, 3.63) is 39.7 Å². The Morgan fingerprint density at radius 3 is 2.64 bits per heavy atom. The summed E-state index contributed by atoms with van der Waals surface area (Å²) < 4.78 is 7.19. The van der Waals surface area contributed by atoms with Crippen molar-refractivity contribution in [2.24, 2.45) is 0 Å². The number of ether oxygens (including phenoxy) is 1. The highest BCUT2D eigenvalue weighted by Gasteiger charge is 2.16. The summed E-state index contributed by atoms with van der Waals surface area (Å²) in [6.45, 7) is 4.55. The quantitative estimate of drug-likeness (QED) is 0.798. The number of methoxy groups -OCH3 is 1. The number of hydrogen-bond donors (Lipinski definition) is 1. The fourth-order valence-electron chi connectivity index (χ4n) is 2.89. The molecule has 0 atom stereocenters. The van der Waals surface area contributed by atoms with Crippen LogP contribution in [0.4, 0.5) is 0 Å². The number of unbranched alkanes of at least 4 members (excludes halogenated alkanes) is 3. The number of fused-ring (bicyclic) bond motifs is 1. The number of aromatic nitrogens is 1. The van der Waals surface area contributed by atoms with E-state index < -0.39 is 0 Å². The number of hydrogen-bond acceptors (Lipinski definition) is 3. The molecule has 1 aromatic heterocycles. The van der Waals surface area contributed by atoms with E-state index in [1.165, 1.54) is 12.8 Å². The summed E-state index contributed by atoms with van der Waals surface area (Å²) in [5, 5.41) is 10.5. The topological polar surface area (TPSA) is 51.5 Å². The smallest absolute Gasteiger partial charge is 0.260 e. The van der Waals surface area contributed by atoms with E-state index in [0.717, 1.165) is 29.3 Å². The van der Waals surface area contributed by atoms with Crippen LogP contribution in [0.1, 0.15) is 43.7 Å². The van der Waals surface area contributed by atoms with Crippen molar-refractivity contribution in [1.82, 2.24) is 4.57 Å². The van der Waals surface area contributed by atoms with Gasteiger partial charge in [-0.05, 0) is 25.5 Å². The lowest BCUT2D eigenvalue weighted by Gasteiger charge is -2.16. The summed E-state index contributed by atoms with van der Waals surface area (Å²) in [7, 11) is 1.54. The number of aliphatic hydroxyl groups excluding tert-OH is 1. The van der Waals surface area contributed by atoms with Crippen molar-refractivity contribution in [3.63, 3.8) is 0 Å². The first kappa shape index (κ1) is 16.6. The molecule has 0 unspecified atom stereocenters. The van der Waals surface area contributed by atoms with E-state index in [9.17, 15) is 9.90 Å². The zero-order chi connectivity index (χ0) is 16.1. The fraction of sp³-hybridized carbons (Fsp3) is 0.500. The van der Waals surface area contributed by atoms with Crippen molar-refractivity contribution >= 4 is 10.9 Å². The van der Waals surface area contributed by atoms with Gasteiger partial charge in [-0.1, -0.05) is 37.8 Å². The summed E-state index contributed by atoms with van der Waals surface area (Å²) in [5.74, 6) is 0.496. The second-order valence-electron chi connectivity index (χ2n) is 5.71. The summed E-state index contributed by atoms with van der Waals surface area (Å²) in [5.41, 5.74) is 2.18. The van der Waals surface area contributed by atoms with E-state index >= 15 is 0 Å². The average Bonchev–Trinajstić information content (AvgIpc) is 2.52. The number of aliphatic hydroxyl groups is 1. The number of rotatable bonds is 7. The minimum Gasteiger partial charge on any atom is -0.495 e. The first-order valence-corrected chi connectivity index (χ1v) is 7.94. The van der Waals surface area contributed by atoms with E-state index in [4.69, 9.17) is 4.74 Å². The molecule has 0 aliphatic heterocycles. The van der Waals surface area contributed by atoms with Crippen molar-refractivity contribution in [2.45, 2.75) is 52.7 Å². The third-order valence-corrected chi connectivity index (χ3v) is 4.06. The van der Waals surface area contributed by atoms with Crippen LogP contribution >= 0.6 is 0 Å². The fourth-order valence-corrected chi connectivity index (χ4v) is 2.89. The highest BCUT2D eigenvalue weighted by molar-refractivity contribution is 5.87. The molecular weight excluding hydrogens is 278 g/mol. The third kappa shape index (κ3) is 3.17. The maximum Gasteiger partial charge on any atom is 0.260 e. The van der Waals surface area contributed by atoms with Crippen molar-refractivity contribution in [3.8, 4) is 5.75 Å². The molecule has 0 radical (unpaired) electrons. The maximum atomic E-state index is 12.7. The molecular formula is C18H25NO3. The highest BCUT2D eigenvalue weighted by atomic mass is 16.5. The zero-order valence-corrected chi connectivity index (χ0v) is 13.7. The standard InChI is InChI=1S/C18H25NO3/c1-4-5-6-7-10-19-16-9-8-13(2)11-14(16)17(22-3)15(12-20)18(19)21/h8-9,11,20H,4-7,10,12H2,1-3H3. The average molecular weight is 303 g/mol. The van der Waals surface area contributed by atoms with Crippen LogP contribution in [-0.2, 0) is 13.2 Å². The van der Waals surface area contributed by atoms with Gasteiger partial charge >= 0.3 is 0 Å². The molecule has 0 aliphatic rings. The lowest BCUT2D eigenvalue weighted by Crippen LogP contribution is -2.25. The first-order valence-electron chi connectivity index (χ1n) is 7.94. The Kier molecular flexibility index (Phi) is 5.61. The Bertz CT molecular complexity index is 704. The molecule has 0 amide bonds. The summed E-state index contributed by atoms with van der Waals surface area (Å²) in [6.07, 6.45) is 4.42. The molecule has 4 nitrogen and oxygen atoms in total. The first-order chi connectivity index (χ1) is 10.6. The van der Waals surface area contributed by atoms with Crippen molar-refractivity contribution in [2.75, 3.05) is 7.11 Å². The van der Waals surface area contributed by atoms with Gasteiger partial charge in [-0.2, -0.15) is 0 Å². The van der Waals surface area contributed by atoms with E-state index in [2.05, 4.69) is 6.92 Å². The predicted octanol–water partition coefficient (Wildman–Crippen LogP) is 3.39. The SMILES string of the molecule is CCCCCCn1c(=O)c(CO)c(OC)c2cc(C)ccc21. The van der Waals surface area contributed by atoms with Crippen LogP contribution in [0.2, 0.25) is 0 Å². The molecule has 0 fully saturated rings. The normalized spacial score (nSPS) is 11.1. The zero-order valence-electron chi connectivity index (χ0n) is 13.7. The third-order valence-electron chi connectivity index (χ3n) is 4.06. The van der Waals surface area contributed by atoms with E-state index in [1.807, 2.05) is 25.1 Å². The Labute approximate surface area is 131 Å². The van der Waals surface area contributed by atoms with Crippen molar-refractivity contribution < 1.29 is 9.84 Å². The molecule has 4 heteroatoms. The van der Waals surface area contributed by atoms with E-state index in [0.29, 0.717) is 17.9 Å². The van der Waals surface area contributed by atoms with Crippen LogP contribution < -0.4 is 10.3 Å². The summed E-state index contributed by atoms with van der Waals surface area (Å²) in [6, 6.07) is 5.98. The largest absolute Gasteiger partial charge is 0.495 e. The molecule has 0 saturated carbocycles. The number of pyridine rings is 1. The van der Waals surface area contributed by atoms with Crippen LogP contribution in [0, 0.1) is 6.92 Å². The second-order valence-corrected chi connectivity index (χ2v) is 5.71. The van der Waals surface area contributed by atoms with Gasteiger partial charge in [0.2, 0.25) is 0 Å². The van der Waals surface area contributed by atoms with Crippen LogP contribution in [0.15, 0.2) is 23.0 Å². The molecule has 0 spiro atoms. The lowest BCUT2D eigenvalue weighted by atomic mass is 10.1. The van der Waals surface area contributed by atoms with Gasteiger partial charge in [0.1, 0.15) is 5.75 Å². The maximum absolute atomic E-state index is 12.7. The van der Waals surface area contributed by atoms with E-state index in [1.54, 1.807) is 11.7 Å². The number of aryl methyl sites for hydroxylation is 2. The molecule has 1 N–H and O–H groups in total. The van der Waals surface area contributed by atoms with Gasteiger partial charge in [-0.15, -0.1) is 0 Å². The van der Waals surface area contributed by atoms with Gasteiger partial charge in [-0.25, -0.2) is 0 Å². The predicted molar refractivity (Wildman–Crippen MR) is 89.6 cm³/mol. The van der Waals surface area contributed by atoms with Gasteiger partial charge in [0.15, 0.2) is 0 Å². The van der Waals surface area contributed by atoms with Crippen LogP contribution in [0.25, 0.3) is 10.9 Å². The van der Waals surface area contributed by atoms with E-state index in [-0.39, 0.29) is 12.2 Å². The summed E-state index contributed by atoms with van der Waals surface area (Å²) >= 11 is 0. The molecule has 1 heterocycles. The molecule has 0 bridgehead atoms. The minimum atomic E-state index is -0.305. The monoisotopic (exact) mass is 303 g/mol. The summed E-state index contributed by atoms with van der Waals surface area (Å²) in [4.78, 5) is 12.7. The van der Waals surface area contributed by atoms with Gasteiger partial charge < -0.3 is 14.4 Å². The number of benzene rings is 1. The highest BCUT2D eigenvalue weighted by Crippen LogP contribution is 2.28. The molecule has 120 valence electrons. The van der Waals surface area contributed by atoms with Gasteiger partial charge in [0.05, 0.1) is 24.8 Å². The second kappa shape index (κ2) is 7.45. The Balaban J connectivity index is 2.59. The Morgan fingerprint density at radius 2 is 2.00 bits per heavy atom. The Morgan fingerprint density at radius 1 is 1.23 bits per heavy atom. The molecule has 0 saturated heterocycles. The minimum absolute atomic E-state index is 0.146. The molecule has 22 heavy (non-hydrogen) atoms. The molecule has 0 aliphatic carbocycles. The molecule has 1 aromatic carbocycles. The van der Waals surface area contributed by atoms with Crippen LogP contribution in [0.5, 0.6) is 5.75 Å². The Hall–Kier alpha value is -1.81. The van der Waals surface area contributed by atoms with Crippen LogP contribution in [0.3, 0.4) is 0 Å².